The van der Waals surface area contributed by atoms with Gasteiger partial charge < -0.3 is 10.3 Å². The van der Waals surface area contributed by atoms with Gasteiger partial charge in [-0.15, -0.1) is 0 Å². The average Bonchev–Trinajstić information content (AvgIpc) is 2.97. The minimum absolute atomic E-state index is 0.0618. The molecule has 0 bridgehead atoms. The average molecular weight is 297 g/mol. The van der Waals surface area contributed by atoms with Crippen molar-refractivity contribution in [3.05, 3.63) is 65.7 Å². The van der Waals surface area contributed by atoms with E-state index in [-0.39, 0.29) is 18.1 Å². The van der Waals surface area contributed by atoms with E-state index < -0.39 is 0 Å². The lowest BCUT2D eigenvalue weighted by Gasteiger charge is -2.06. The Balaban J connectivity index is 1.52. The third kappa shape index (κ3) is 3.31. The van der Waals surface area contributed by atoms with Gasteiger partial charge in [0.05, 0.1) is 23.8 Å². The van der Waals surface area contributed by atoms with Gasteiger partial charge in [0.15, 0.2) is 0 Å². The van der Waals surface area contributed by atoms with Gasteiger partial charge in [-0.1, -0.05) is 24.3 Å². The van der Waals surface area contributed by atoms with Crippen LogP contribution in [0.15, 0.2) is 48.8 Å². The summed E-state index contributed by atoms with van der Waals surface area (Å²) in [6.45, 7) is 0.521. The second-order valence-electron chi connectivity index (χ2n) is 5.12. The molecule has 22 heavy (non-hydrogen) atoms. The smallest absolute Gasteiger partial charge is 0.224 e. The number of rotatable bonds is 5. The lowest BCUT2D eigenvalue weighted by Crippen LogP contribution is -2.27. The van der Waals surface area contributed by atoms with Gasteiger partial charge in [-0.2, -0.15) is 0 Å². The number of aromatic amines is 1. The number of carbonyl (C=O) groups is 1. The molecule has 0 aliphatic heterocycles. The Bertz CT molecular complexity index is 797. The molecule has 1 amide bonds. The summed E-state index contributed by atoms with van der Waals surface area (Å²) < 4.78 is 13.5. The number of imidazole rings is 1. The number of H-pyrrole nitrogens is 1. The van der Waals surface area contributed by atoms with E-state index in [0.29, 0.717) is 12.1 Å². The number of hydrogen-bond acceptors (Lipinski definition) is 2. The summed E-state index contributed by atoms with van der Waals surface area (Å²) in [5.74, 6) is -0.518. The lowest BCUT2D eigenvalue weighted by atomic mass is 10.1. The molecule has 2 N–H and O–H groups in total. The summed E-state index contributed by atoms with van der Waals surface area (Å²) in [5.41, 5.74) is 3.43. The molecule has 0 aliphatic rings. The van der Waals surface area contributed by atoms with Gasteiger partial charge >= 0.3 is 0 Å². The largest absolute Gasteiger partial charge is 0.355 e. The SMILES string of the molecule is O=C(Cc1ccccc1F)NCCc1ccc2nc[nH]c2c1. The van der Waals surface area contributed by atoms with Crippen molar-refractivity contribution in [2.24, 2.45) is 0 Å². The Morgan fingerprint density at radius 2 is 2.09 bits per heavy atom. The maximum absolute atomic E-state index is 13.5. The Morgan fingerprint density at radius 3 is 2.95 bits per heavy atom. The van der Waals surface area contributed by atoms with E-state index in [9.17, 15) is 9.18 Å². The zero-order valence-electron chi connectivity index (χ0n) is 12.0. The van der Waals surface area contributed by atoms with Gasteiger partial charge in [-0.05, 0) is 35.7 Å². The lowest BCUT2D eigenvalue weighted by molar-refractivity contribution is -0.120. The van der Waals surface area contributed by atoms with Gasteiger partial charge in [0.25, 0.3) is 0 Å². The van der Waals surface area contributed by atoms with Crippen LogP contribution in [0.1, 0.15) is 11.1 Å². The first kappa shape index (κ1) is 14.3. The molecule has 1 heterocycles. The molecule has 0 saturated heterocycles. The number of hydrogen-bond donors (Lipinski definition) is 2. The van der Waals surface area contributed by atoms with Crippen molar-refractivity contribution in [3.8, 4) is 0 Å². The highest BCUT2D eigenvalue weighted by Crippen LogP contribution is 2.12. The number of aromatic nitrogens is 2. The summed E-state index contributed by atoms with van der Waals surface area (Å²) >= 11 is 0. The predicted molar refractivity (Wildman–Crippen MR) is 82.9 cm³/mol. The molecule has 3 aromatic rings. The van der Waals surface area contributed by atoms with Crippen molar-refractivity contribution in [3.63, 3.8) is 0 Å². The van der Waals surface area contributed by atoms with Gasteiger partial charge in [-0.3, -0.25) is 4.79 Å². The summed E-state index contributed by atoms with van der Waals surface area (Å²) in [7, 11) is 0. The van der Waals surface area contributed by atoms with Crippen molar-refractivity contribution in [2.75, 3.05) is 6.54 Å². The first-order valence-corrected chi connectivity index (χ1v) is 7.14. The van der Waals surface area contributed by atoms with Crippen LogP contribution in [0, 0.1) is 5.82 Å². The van der Waals surface area contributed by atoms with E-state index in [1.807, 2.05) is 18.2 Å². The summed E-state index contributed by atoms with van der Waals surface area (Å²) in [6.07, 6.45) is 2.44. The zero-order chi connectivity index (χ0) is 15.4. The maximum atomic E-state index is 13.5. The second kappa shape index (κ2) is 6.39. The van der Waals surface area contributed by atoms with E-state index in [0.717, 1.165) is 23.0 Å². The maximum Gasteiger partial charge on any atom is 0.224 e. The number of nitrogens with one attached hydrogen (secondary N) is 2. The number of nitrogens with zero attached hydrogens (tertiary/aromatic N) is 1. The molecule has 0 radical (unpaired) electrons. The minimum Gasteiger partial charge on any atom is -0.355 e. The van der Waals surface area contributed by atoms with Crippen LogP contribution in [0.4, 0.5) is 4.39 Å². The number of halogens is 1. The minimum atomic E-state index is -0.345. The third-order valence-corrected chi connectivity index (χ3v) is 3.53. The normalized spacial score (nSPS) is 10.8. The standard InChI is InChI=1S/C17H16FN3O/c18-14-4-2-1-3-13(14)10-17(22)19-8-7-12-5-6-15-16(9-12)21-11-20-15/h1-6,9,11H,7-8,10H2,(H,19,22)(H,20,21). The van der Waals surface area contributed by atoms with Crippen LogP contribution < -0.4 is 5.32 Å². The topological polar surface area (TPSA) is 57.8 Å². The Hall–Kier alpha value is -2.69. The Morgan fingerprint density at radius 1 is 1.23 bits per heavy atom. The van der Waals surface area contributed by atoms with E-state index in [2.05, 4.69) is 15.3 Å². The van der Waals surface area contributed by atoms with Crippen molar-refractivity contribution in [1.29, 1.82) is 0 Å². The van der Waals surface area contributed by atoms with Gasteiger partial charge in [0, 0.05) is 6.54 Å². The van der Waals surface area contributed by atoms with E-state index in [1.165, 1.54) is 6.07 Å². The van der Waals surface area contributed by atoms with Crippen LogP contribution in [0.3, 0.4) is 0 Å². The van der Waals surface area contributed by atoms with Gasteiger partial charge in [0.2, 0.25) is 5.91 Å². The number of benzene rings is 2. The fourth-order valence-corrected chi connectivity index (χ4v) is 2.36. The predicted octanol–water partition coefficient (Wildman–Crippen LogP) is 2.60. The van der Waals surface area contributed by atoms with Crippen LogP contribution in [-0.4, -0.2) is 22.4 Å². The van der Waals surface area contributed by atoms with Crippen molar-refractivity contribution in [2.45, 2.75) is 12.8 Å². The van der Waals surface area contributed by atoms with Crippen molar-refractivity contribution in [1.82, 2.24) is 15.3 Å². The third-order valence-electron chi connectivity index (χ3n) is 3.53. The molecule has 3 rings (SSSR count). The molecule has 0 saturated carbocycles. The van der Waals surface area contributed by atoms with E-state index in [4.69, 9.17) is 0 Å². The quantitative estimate of drug-likeness (QED) is 0.760. The summed E-state index contributed by atoms with van der Waals surface area (Å²) in [4.78, 5) is 19.1. The van der Waals surface area contributed by atoms with Crippen LogP contribution in [0.25, 0.3) is 11.0 Å². The highest BCUT2D eigenvalue weighted by atomic mass is 19.1. The first-order chi connectivity index (χ1) is 10.7. The fourth-order valence-electron chi connectivity index (χ4n) is 2.36. The Labute approximate surface area is 127 Å². The molecule has 0 spiro atoms. The summed E-state index contributed by atoms with van der Waals surface area (Å²) in [6, 6.07) is 12.3. The Kier molecular flexibility index (Phi) is 4.14. The fraction of sp³-hybridized carbons (Fsp3) is 0.176. The molecule has 4 nitrogen and oxygen atoms in total. The number of carbonyl (C=O) groups excluding carboxylic acids is 1. The molecule has 112 valence electrons. The highest BCUT2D eigenvalue weighted by molar-refractivity contribution is 5.78. The molecular formula is C17H16FN3O. The number of amides is 1. The monoisotopic (exact) mass is 297 g/mol. The van der Waals surface area contributed by atoms with Crippen molar-refractivity contribution < 1.29 is 9.18 Å². The molecule has 5 heteroatoms. The second-order valence-corrected chi connectivity index (χ2v) is 5.12. The zero-order valence-corrected chi connectivity index (χ0v) is 12.0. The van der Waals surface area contributed by atoms with Crippen molar-refractivity contribution >= 4 is 16.9 Å². The van der Waals surface area contributed by atoms with Crippen LogP contribution in [0.2, 0.25) is 0 Å². The molecular weight excluding hydrogens is 281 g/mol. The molecule has 0 unspecified atom stereocenters. The van der Waals surface area contributed by atoms with E-state index >= 15 is 0 Å². The molecule has 2 aromatic carbocycles. The molecule has 0 atom stereocenters. The first-order valence-electron chi connectivity index (χ1n) is 7.14. The number of fused-ring (bicyclic) bond motifs is 1. The van der Waals surface area contributed by atoms with Crippen LogP contribution in [0.5, 0.6) is 0 Å². The van der Waals surface area contributed by atoms with E-state index in [1.54, 1.807) is 24.5 Å². The van der Waals surface area contributed by atoms with Crippen LogP contribution >= 0.6 is 0 Å². The van der Waals surface area contributed by atoms with Gasteiger partial charge in [-0.25, -0.2) is 9.37 Å². The van der Waals surface area contributed by atoms with Gasteiger partial charge in [0.1, 0.15) is 5.82 Å². The molecule has 1 aromatic heterocycles. The molecule has 0 aliphatic carbocycles. The summed E-state index contributed by atoms with van der Waals surface area (Å²) in [5, 5.41) is 2.82. The molecule has 0 fully saturated rings. The highest BCUT2D eigenvalue weighted by Gasteiger charge is 2.07. The van der Waals surface area contributed by atoms with Crippen LogP contribution in [-0.2, 0) is 17.6 Å².